The van der Waals surface area contributed by atoms with Gasteiger partial charge in [-0.1, -0.05) is 6.42 Å². The van der Waals surface area contributed by atoms with Crippen LogP contribution in [0.25, 0.3) is 0 Å². The Balaban J connectivity index is 2.13. The van der Waals surface area contributed by atoms with Crippen molar-refractivity contribution in [3.05, 3.63) is 0 Å². The lowest BCUT2D eigenvalue weighted by molar-refractivity contribution is -0.121. The number of nitrogens with two attached hydrogens (primary N) is 1. The average Bonchev–Trinajstić information content (AvgIpc) is 2.15. The Kier molecular flexibility index (Phi) is 4.59. The van der Waals surface area contributed by atoms with Gasteiger partial charge in [0, 0.05) is 11.8 Å². The molecule has 0 saturated carbocycles. The third kappa shape index (κ3) is 4.00. The lowest BCUT2D eigenvalue weighted by Crippen LogP contribution is -2.41. The summed E-state index contributed by atoms with van der Waals surface area (Å²) < 4.78 is 0. The van der Waals surface area contributed by atoms with E-state index in [-0.39, 0.29) is 11.9 Å². The highest BCUT2D eigenvalue weighted by Crippen LogP contribution is 2.24. The molecule has 4 heteroatoms. The summed E-state index contributed by atoms with van der Waals surface area (Å²) in [6.07, 6.45) is 3.85. The molecule has 1 unspecified atom stereocenters. The van der Waals surface area contributed by atoms with Gasteiger partial charge < -0.3 is 11.1 Å². The van der Waals surface area contributed by atoms with Gasteiger partial charge in [0.05, 0.1) is 6.04 Å². The van der Waals surface area contributed by atoms with E-state index in [0.29, 0.717) is 5.25 Å². The van der Waals surface area contributed by atoms with E-state index in [4.69, 9.17) is 5.73 Å². The summed E-state index contributed by atoms with van der Waals surface area (Å²) in [5.74, 6) is 1.20. The minimum absolute atomic E-state index is 0.0360. The topological polar surface area (TPSA) is 55.1 Å². The Morgan fingerprint density at radius 3 is 3.00 bits per heavy atom. The highest BCUT2D eigenvalue weighted by atomic mass is 32.2. The second-order valence-corrected chi connectivity index (χ2v) is 4.93. The first-order chi connectivity index (χ1) is 6.20. The number of amides is 1. The molecule has 1 fully saturated rings. The summed E-state index contributed by atoms with van der Waals surface area (Å²) in [5.41, 5.74) is 5.43. The molecule has 3 nitrogen and oxygen atoms in total. The Bertz CT molecular complexity index is 167. The molecule has 0 aromatic heterocycles. The van der Waals surface area contributed by atoms with Crippen LogP contribution in [0.2, 0.25) is 0 Å². The number of carbonyl (C=O) groups is 1. The third-order valence-electron chi connectivity index (χ3n) is 2.19. The molecule has 0 aromatic carbocycles. The van der Waals surface area contributed by atoms with Crippen LogP contribution in [-0.4, -0.2) is 29.5 Å². The molecule has 0 spiro atoms. The fourth-order valence-electron chi connectivity index (χ4n) is 1.34. The maximum Gasteiger partial charge on any atom is 0.236 e. The Labute approximate surface area is 83.8 Å². The molecule has 1 heterocycles. The van der Waals surface area contributed by atoms with Crippen molar-refractivity contribution < 1.29 is 4.79 Å². The lowest BCUT2D eigenvalue weighted by Gasteiger charge is -2.21. The highest BCUT2D eigenvalue weighted by molar-refractivity contribution is 7.99. The van der Waals surface area contributed by atoms with Crippen LogP contribution >= 0.6 is 11.8 Å². The predicted molar refractivity (Wildman–Crippen MR) is 56.8 cm³/mol. The zero-order chi connectivity index (χ0) is 9.68. The van der Waals surface area contributed by atoms with Crippen molar-refractivity contribution in [3.8, 4) is 0 Å². The molecular weight excluding hydrogens is 184 g/mol. The van der Waals surface area contributed by atoms with Gasteiger partial charge >= 0.3 is 0 Å². The Hall–Kier alpha value is -0.220. The fourth-order valence-corrected chi connectivity index (χ4v) is 2.58. The van der Waals surface area contributed by atoms with Gasteiger partial charge in [-0.2, -0.15) is 11.8 Å². The molecule has 1 rings (SSSR count). The summed E-state index contributed by atoms with van der Waals surface area (Å²) in [4.78, 5) is 11.1. The van der Waals surface area contributed by atoms with E-state index in [0.717, 1.165) is 6.54 Å². The maximum atomic E-state index is 11.1. The molecule has 0 aliphatic carbocycles. The Morgan fingerprint density at radius 2 is 2.46 bits per heavy atom. The molecule has 0 radical (unpaired) electrons. The fraction of sp³-hybridized carbons (Fsp3) is 0.889. The number of nitrogens with one attached hydrogen (secondary N) is 1. The number of thioether (sulfide) groups is 1. The minimum atomic E-state index is -0.381. The molecule has 1 aliphatic rings. The molecule has 1 saturated heterocycles. The van der Waals surface area contributed by atoms with E-state index >= 15 is 0 Å². The van der Waals surface area contributed by atoms with Gasteiger partial charge in [-0.25, -0.2) is 0 Å². The van der Waals surface area contributed by atoms with Gasteiger partial charge in [-0.15, -0.1) is 0 Å². The Morgan fingerprint density at radius 1 is 1.69 bits per heavy atom. The van der Waals surface area contributed by atoms with Crippen molar-refractivity contribution in [1.82, 2.24) is 5.32 Å². The van der Waals surface area contributed by atoms with Gasteiger partial charge in [0.1, 0.15) is 0 Å². The van der Waals surface area contributed by atoms with Gasteiger partial charge in [0.15, 0.2) is 0 Å². The minimum Gasteiger partial charge on any atom is -0.354 e. The standard InChI is InChI=1S/C9H18N2OS/c1-7(10)9(12)11-6-8-4-2-3-5-13-8/h7-8H,2-6,10H2,1H3,(H,11,12)/t7-,8?/m0/s1. The predicted octanol–water partition coefficient (Wildman–Crippen LogP) is 0.735. The molecule has 1 aliphatic heterocycles. The zero-order valence-electron chi connectivity index (χ0n) is 8.08. The monoisotopic (exact) mass is 202 g/mol. The largest absolute Gasteiger partial charge is 0.354 e. The van der Waals surface area contributed by atoms with Gasteiger partial charge in [0.2, 0.25) is 5.91 Å². The quantitative estimate of drug-likeness (QED) is 0.709. The maximum absolute atomic E-state index is 11.1. The van der Waals surface area contributed by atoms with Gasteiger partial charge in [-0.3, -0.25) is 4.79 Å². The molecule has 76 valence electrons. The van der Waals surface area contributed by atoms with Crippen molar-refractivity contribution in [1.29, 1.82) is 0 Å². The van der Waals surface area contributed by atoms with Crippen LogP contribution in [-0.2, 0) is 4.79 Å². The van der Waals surface area contributed by atoms with E-state index in [1.165, 1.54) is 25.0 Å². The van der Waals surface area contributed by atoms with Crippen LogP contribution in [0.3, 0.4) is 0 Å². The zero-order valence-corrected chi connectivity index (χ0v) is 8.90. The van der Waals surface area contributed by atoms with Crippen LogP contribution in [0, 0.1) is 0 Å². The summed E-state index contributed by atoms with van der Waals surface area (Å²) in [5, 5.41) is 3.47. The van der Waals surface area contributed by atoms with Crippen LogP contribution in [0.1, 0.15) is 26.2 Å². The van der Waals surface area contributed by atoms with Gasteiger partial charge in [-0.05, 0) is 25.5 Å². The first kappa shape index (κ1) is 10.9. The van der Waals surface area contributed by atoms with Crippen molar-refractivity contribution in [2.24, 2.45) is 5.73 Å². The van der Waals surface area contributed by atoms with E-state index in [2.05, 4.69) is 5.32 Å². The van der Waals surface area contributed by atoms with E-state index in [1.54, 1.807) is 6.92 Å². The molecule has 3 N–H and O–H groups in total. The lowest BCUT2D eigenvalue weighted by atomic mass is 10.2. The van der Waals surface area contributed by atoms with Crippen LogP contribution in [0.15, 0.2) is 0 Å². The van der Waals surface area contributed by atoms with Crippen molar-refractivity contribution in [2.45, 2.75) is 37.5 Å². The van der Waals surface area contributed by atoms with E-state index in [9.17, 15) is 4.79 Å². The van der Waals surface area contributed by atoms with E-state index in [1.807, 2.05) is 11.8 Å². The SMILES string of the molecule is C[C@H](N)C(=O)NCC1CCCCS1. The first-order valence-electron chi connectivity index (χ1n) is 4.85. The average molecular weight is 202 g/mol. The van der Waals surface area contributed by atoms with Crippen LogP contribution in [0.4, 0.5) is 0 Å². The number of hydrogen-bond donors (Lipinski definition) is 2. The van der Waals surface area contributed by atoms with Crippen molar-refractivity contribution in [2.75, 3.05) is 12.3 Å². The van der Waals surface area contributed by atoms with Crippen LogP contribution < -0.4 is 11.1 Å². The molecular formula is C9H18N2OS. The number of carbonyl (C=O) groups excluding carboxylic acids is 1. The second-order valence-electron chi connectivity index (χ2n) is 3.52. The van der Waals surface area contributed by atoms with E-state index < -0.39 is 0 Å². The third-order valence-corrected chi connectivity index (χ3v) is 3.59. The highest BCUT2D eigenvalue weighted by Gasteiger charge is 2.15. The number of rotatable bonds is 3. The smallest absolute Gasteiger partial charge is 0.236 e. The first-order valence-corrected chi connectivity index (χ1v) is 5.90. The van der Waals surface area contributed by atoms with Gasteiger partial charge in [0.25, 0.3) is 0 Å². The normalized spacial score (nSPS) is 25.2. The molecule has 0 aromatic rings. The molecule has 2 atom stereocenters. The molecule has 1 amide bonds. The summed E-state index contributed by atoms with van der Waals surface area (Å²) >= 11 is 1.96. The van der Waals surface area contributed by atoms with Crippen molar-refractivity contribution in [3.63, 3.8) is 0 Å². The molecule has 0 bridgehead atoms. The van der Waals surface area contributed by atoms with Crippen LogP contribution in [0.5, 0.6) is 0 Å². The summed E-state index contributed by atoms with van der Waals surface area (Å²) in [6.45, 7) is 2.49. The summed E-state index contributed by atoms with van der Waals surface area (Å²) in [7, 11) is 0. The van der Waals surface area contributed by atoms with Crippen molar-refractivity contribution >= 4 is 17.7 Å². The molecule has 13 heavy (non-hydrogen) atoms. The second kappa shape index (κ2) is 5.50. The summed E-state index contributed by atoms with van der Waals surface area (Å²) in [6, 6.07) is -0.381. The number of hydrogen-bond acceptors (Lipinski definition) is 3.